The lowest BCUT2D eigenvalue weighted by Crippen LogP contribution is -2.51. The van der Waals surface area contributed by atoms with E-state index in [0.717, 1.165) is 36.1 Å². The van der Waals surface area contributed by atoms with Gasteiger partial charge in [-0.05, 0) is 19.1 Å². The molecule has 2 heterocycles. The van der Waals surface area contributed by atoms with Gasteiger partial charge in [-0.25, -0.2) is 0 Å². The Balaban J connectivity index is 1.83. The predicted octanol–water partition coefficient (Wildman–Crippen LogP) is 2.07. The van der Waals surface area contributed by atoms with Crippen LogP contribution in [0.1, 0.15) is 12.5 Å². The average Bonchev–Trinajstić information content (AvgIpc) is 2.53. The summed E-state index contributed by atoms with van der Waals surface area (Å²) in [6, 6.07) is 10.2. The fourth-order valence-electron chi connectivity index (χ4n) is 2.69. The maximum Gasteiger partial charge on any atom is 0.246 e. The highest BCUT2D eigenvalue weighted by molar-refractivity contribution is 5.95. The summed E-state index contributed by atoms with van der Waals surface area (Å²) in [4.78, 5) is 18.6. The van der Waals surface area contributed by atoms with Gasteiger partial charge in [0.25, 0.3) is 0 Å². The van der Waals surface area contributed by atoms with Gasteiger partial charge in [-0.15, -0.1) is 0 Å². The van der Waals surface area contributed by atoms with E-state index in [4.69, 9.17) is 0 Å². The molecule has 1 fully saturated rings. The van der Waals surface area contributed by atoms with Crippen molar-refractivity contribution in [1.82, 2.24) is 15.2 Å². The molecule has 3 rings (SSSR count). The molecule has 1 aromatic heterocycles. The fraction of sp³-hybridized carbons (Fsp3) is 0.294. The lowest BCUT2D eigenvalue weighted by Gasteiger charge is -2.33. The molecule has 108 valence electrons. The number of piperazine rings is 1. The van der Waals surface area contributed by atoms with Gasteiger partial charge in [0.15, 0.2) is 0 Å². The van der Waals surface area contributed by atoms with E-state index < -0.39 is 0 Å². The highest BCUT2D eigenvalue weighted by atomic mass is 16.2. The van der Waals surface area contributed by atoms with E-state index in [-0.39, 0.29) is 11.9 Å². The van der Waals surface area contributed by atoms with Crippen LogP contribution in [-0.2, 0) is 4.79 Å². The molecular weight excluding hydrogens is 262 g/mol. The molecule has 1 N–H and O–H groups in total. The molecule has 1 aliphatic heterocycles. The maximum absolute atomic E-state index is 12.3. The standard InChI is InChI=1S/C17H19N3O/c1-13-12-18-10-11-20(13)16(21)8-7-15-5-2-4-14-6-3-9-19-17(14)15/h2-9,13,18H,10-12H2,1H3/b8-7+. The first-order valence-corrected chi connectivity index (χ1v) is 7.29. The van der Waals surface area contributed by atoms with Crippen molar-refractivity contribution in [2.24, 2.45) is 0 Å². The molecule has 1 aliphatic rings. The number of aromatic nitrogens is 1. The van der Waals surface area contributed by atoms with Crippen LogP contribution in [0.2, 0.25) is 0 Å². The smallest absolute Gasteiger partial charge is 0.246 e. The molecule has 4 nitrogen and oxygen atoms in total. The number of nitrogens with zero attached hydrogens (tertiary/aromatic N) is 2. The van der Waals surface area contributed by atoms with Crippen LogP contribution in [-0.4, -0.2) is 41.5 Å². The van der Waals surface area contributed by atoms with Crippen molar-refractivity contribution >= 4 is 22.9 Å². The Morgan fingerprint density at radius 2 is 2.24 bits per heavy atom. The van der Waals surface area contributed by atoms with Crippen molar-refractivity contribution in [3.8, 4) is 0 Å². The SMILES string of the molecule is CC1CNCCN1C(=O)/C=C/c1cccc2cccnc12. The van der Waals surface area contributed by atoms with Crippen molar-refractivity contribution in [1.29, 1.82) is 0 Å². The fourth-order valence-corrected chi connectivity index (χ4v) is 2.69. The quantitative estimate of drug-likeness (QED) is 0.857. The van der Waals surface area contributed by atoms with Crippen LogP contribution < -0.4 is 5.32 Å². The molecular formula is C17H19N3O. The lowest BCUT2D eigenvalue weighted by molar-refractivity contribution is -0.128. The summed E-state index contributed by atoms with van der Waals surface area (Å²) in [5, 5.41) is 4.38. The van der Waals surface area contributed by atoms with Crippen molar-refractivity contribution in [3.63, 3.8) is 0 Å². The van der Waals surface area contributed by atoms with Gasteiger partial charge >= 0.3 is 0 Å². The molecule has 0 aliphatic carbocycles. The van der Waals surface area contributed by atoms with Gasteiger partial charge < -0.3 is 10.2 Å². The van der Waals surface area contributed by atoms with Crippen LogP contribution in [0.3, 0.4) is 0 Å². The lowest BCUT2D eigenvalue weighted by atomic mass is 10.1. The van der Waals surface area contributed by atoms with Crippen molar-refractivity contribution in [2.45, 2.75) is 13.0 Å². The van der Waals surface area contributed by atoms with Gasteiger partial charge in [0.2, 0.25) is 5.91 Å². The van der Waals surface area contributed by atoms with E-state index in [1.165, 1.54) is 0 Å². The molecule has 0 saturated carbocycles. The number of benzene rings is 1. The van der Waals surface area contributed by atoms with Crippen LogP contribution in [0.25, 0.3) is 17.0 Å². The zero-order valence-electron chi connectivity index (χ0n) is 12.1. The van der Waals surface area contributed by atoms with E-state index in [9.17, 15) is 4.79 Å². The minimum absolute atomic E-state index is 0.0666. The first kappa shape index (κ1) is 13.8. The molecule has 0 bridgehead atoms. The summed E-state index contributed by atoms with van der Waals surface area (Å²) in [6.07, 6.45) is 5.30. The monoisotopic (exact) mass is 281 g/mol. The molecule has 1 saturated heterocycles. The number of pyridine rings is 1. The Morgan fingerprint density at radius 1 is 1.38 bits per heavy atom. The van der Waals surface area contributed by atoms with Gasteiger partial charge in [-0.1, -0.05) is 24.3 Å². The van der Waals surface area contributed by atoms with Crippen molar-refractivity contribution < 1.29 is 4.79 Å². The highest BCUT2D eigenvalue weighted by Crippen LogP contribution is 2.17. The Hall–Kier alpha value is -2.20. The van der Waals surface area contributed by atoms with E-state index in [2.05, 4.69) is 17.2 Å². The number of carbonyl (C=O) groups excluding carboxylic acids is 1. The second kappa shape index (κ2) is 6.06. The number of fused-ring (bicyclic) bond motifs is 1. The molecule has 1 amide bonds. The first-order chi connectivity index (χ1) is 10.3. The zero-order valence-corrected chi connectivity index (χ0v) is 12.1. The number of nitrogens with one attached hydrogen (secondary N) is 1. The van der Waals surface area contributed by atoms with E-state index in [0.29, 0.717) is 0 Å². The number of carbonyl (C=O) groups is 1. The number of para-hydroxylation sites is 1. The van der Waals surface area contributed by atoms with Crippen LogP contribution in [0.5, 0.6) is 0 Å². The summed E-state index contributed by atoms with van der Waals surface area (Å²) < 4.78 is 0. The summed E-state index contributed by atoms with van der Waals surface area (Å²) >= 11 is 0. The maximum atomic E-state index is 12.3. The van der Waals surface area contributed by atoms with Gasteiger partial charge in [0.05, 0.1) is 5.52 Å². The van der Waals surface area contributed by atoms with Gasteiger partial charge in [0.1, 0.15) is 0 Å². The molecule has 1 aromatic carbocycles. The van der Waals surface area contributed by atoms with Gasteiger partial charge in [0, 0.05) is 48.9 Å². The van der Waals surface area contributed by atoms with Gasteiger partial charge in [-0.3, -0.25) is 9.78 Å². The molecule has 1 unspecified atom stereocenters. The van der Waals surface area contributed by atoms with Crippen LogP contribution in [0.15, 0.2) is 42.6 Å². The minimum Gasteiger partial charge on any atom is -0.334 e. The summed E-state index contributed by atoms with van der Waals surface area (Å²) in [6.45, 7) is 4.55. The van der Waals surface area contributed by atoms with Crippen molar-refractivity contribution in [3.05, 3.63) is 48.2 Å². The second-order valence-corrected chi connectivity index (χ2v) is 5.34. The molecule has 4 heteroatoms. The van der Waals surface area contributed by atoms with E-state index in [1.54, 1.807) is 12.3 Å². The molecule has 0 spiro atoms. The second-order valence-electron chi connectivity index (χ2n) is 5.34. The molecule has 0 radical (unpaired) electrons. The molecule has 1 atom stereocenters. The Labute approximate surface area is 124 Å². The third-order valence-electron chi connectivity index (χ3n) is 3.85. The van der Waals surface area contributed by atoms with Gasteiger partial charge in [-0.2, -0.15) is 0 Å². The largest absolute Gasteiger partial charge is 0.334 e. The Morgan fingerprint density at radius 3 is 3.10 bits per heavy atom. The average molecular weight is 281 g/mol. The number of hydrogen-bond donors (Lipinski definition) is 1. The predicted molar refractivity (Wildman–Crippen MR) is 84.8 cm³/mol. The zero-order chi connectivity index (χ0) is 14.7. The number of rotatable bonds is 2. The van der Waals surface area contributed by atoms with E-state index in [1.807, 2.05) is 41.3 Å². The Kier molecular flexibility index (Phi) is 3.97. The Bertz CT molecular complexity index is 675. The normalized spacial score (nSPS) is 19.3. The number of hydrogen-bond acceptors (Lipinski definition) is 3. The third-order valence-corrected chi connectivity index (χ3v) is 3.85. The first-order valence-electron chi connectivity index (χ1n) is 7.29. The van der Waals surface area contributed by atoms with Crippen LogP contribution >= 0.6 is 0 Å². The van der Waals surface area contributed by atoms with Crippen LogP contribution in [0.4, 0.5) is 0 Å². The minimum atomic E-state index is 0.0666. The summed E-state index contributed by atoms with van der Waals surface area (Å²) in [7, 11) is 0. The van der Waals surface area contributed by atoms with E-state index >= 15 is 0 Å². The molecule has 21 heavy (non-hydrogen) atoms. The molecule has 2 aromatic rings. The number of amides is 1. The summed E-state index contributed by atoms with van der Waals surface area (Å²) in [5.41, 5.74) is 1.90. The third kappa shape index (κ3) is 2.95. The van der Waals surface area contributed by atoms with Crippen molar-refractivity contribution in [2.75, 3.05) is 19.6 Å². The van der Waals surface area contributed by atoms with Crippen LogP contribution in [0, 0.1) is 0 Å². The summed E-state index contributed by atoms with van der Waals surface area (Å²) in [5.74, 6) is 0.0666. The highest BCUT2D eigenvalue weighted by Gasteiger charge is 2.20. The topological polar surface area (TPSA) is 45.2 Å².